The van der Waals surface area contributed by atoms with Crippen LogP contribution in [0.3, 0.4) is 0 Å². The first-order chi connectivity index (χ1) is 9.63. The van der Waals surface area contributed by atoms with Gasteiger partial charge in [-0.25, -0.2) is 0 Å². The summed E-state index contributed by atoms with van der Waals surface area (Å²) in [7, 11) is 1.53. The van der Waals surface area contributed by atoms with Crippen LogP contribution in [0, 0.1) is 0 Å². The number of carbonyl (C=O) groups is 2. The van der Waals surface area contributed by atoms with E-state index in [4.69, 9.17) is 9.84 Å². The first-order valence-electron chi connectivity index (χ1n) is 6.80. The zero-order valence-electron chi connectivity index (χ0n) is 11.6. The molecule has 6 nitrogen and oxygen atoms in total. The van der Waals surface area contributed by atoms with E-state index in [1.165, 1.54) is 18.4 Å². The van der Waals surface area contributed by atoms with Crippen LogP contribution < -0.4 is 0 Å². The van der Waals surface area contributed by atoms with Gasteiger partial charge in [0.05, 0.1) is 6.61 Å². The Morgan fingerprint density at radius 2 is 2.25 bits per heavy atom. The van der Waals surface area contributed by atoms with Crippen molar-refractivity contribution >= 4 is 11.9 Å². The molecule has 0 radical (unpaired) electrons. The largest absolute Gasteiger partial charge is 0.480 e. The Morgan fingerprint density at radius 3 is 2.80 bits per heavy atom. The Balaban J connectivity index is 2.13. The smallest absolute Gasteiger partial charge is 0.323 e. The third-order valence-corrected chi connectivity index (χ3v) is 3.64. The van der Waals surface area contributed by atoms with Gasteiger partial charge in [0, 0.05) is 25.9 Å². The number of methoxy groups -OCH3 is 1. The molecular formula is C14H20N2O4. The molecular weight excluding hydrogens is 260 g/mol. The number of carbonyl (C=O) groups excluding carboxylic acids is 1. The zero-order valence-corrected chi connectivity index (χ0v) is 11.6. The van der Waals surface area contributed by atoms with Crippen LogP contribution in [0.4, 0.5) is 0 Å². The number of ether oxygens (including phenoxy) is 1. The van der Waals surface area contributed by atoms with Gasteiger partial charge in [-0.05, 0) is 31.4 Å². The molecule has 0 atom stereocenters. The quantitative estimate of drug-likeness (QED) is 0.819. The van der Waals surface area contributed by atoms with Crippen LogP contribution in [0.15, 0.2) is 18.3 Å². The highest BCUT2D eigenvalue weighted by molar-refractivity contribution is 5.94. The van der Waals surface area contributed by atoms with Gasteiger partial charge in [-0.2, -0.15) is 0 Å². The highest BCUT2D eigenvalue weighted by Crippen LogP contribution is 2.32. The minimum Gasteiger partial charge on any atom is -0.480 e. The van der Waals surface area contributed by atoms with E-state index in [0.29, 0.717) is 18.3 Å². The lowest BCUT2D eigenvalue weighted by Gasteiger charge is -2.30. The minimum atomic E-state index is -1.02. The Kier molecular flexibility index (Phi) is 4.79. The van der Waals surface area contributed by atoms with Crippen LogP contribution in [-0.4, -0.2) is 53.3 Å². The molecule has 1 fully saturated rings. The number of hydrogen-bond donors (Lipinski definition) is 1. The van der Waals surface area contributed by atoms with Crippen molar-refractivity contribution in [2.24, 2.45) is 0 Å². The number of carboxylic acid groups (broad SMARTS) is 1. The Morgan fingerprint density at radius 1 is 1.50 bits per heavy atom. The second kappa shape index (κ2) is 6.56. The van der Waals surface area contributed by atoms with Crippen LogP contribution in [0.2, 0.25) is 0 Å². The monoisotopic (exact) mass is 280 g/mol. The van der Waals surface area contributed by atoms with Crippen molar-refractivity contribution in [3.8, 4) is 0 Å². The second-order valence-corrected chi connectivity index (χ2v) is 5.00. The summed E-state index contributed by atoms with van der Waals surface area (Å²) >= 11 is 0. The van der Waals surface area contributed by atoms with Crippen LogP contribution in [0.5, 0.6) is 0 Å². The molecule has 1 N–H and O–H groups in total. The van der Waals surface area contributed by atoms with E-state index < -0.39 is 5.97 Å². The van der Waals surface area contributed by atoms with Gasteiger partial charge in [0.2, 0.25) is 0 Å². The maximum atomic E-state index is 12.5. The normalized spacial score (nSPS) is 14.8. The molecule has 1 amide bonds. The van der Waals surface area contributed by atoms with Gasteiger partial charge >= 0.3 is 5.97 Å². The molecule has 0 aromatic carbocycles. The number of rotatable bonds is 7. The third-order valence-electron chi connectivity index (χ3n) is 3.64. The SMILES string of the molecule is COCCN(CC(=O)O)C(=O)c1cccn1C1CCC1. The van der Waals surface area contributed by atoms with Gasteiger partial charge in [0.25, 0.3) is 5.91 Å². The van der Waals surface area contributed by atoms with Crippen molar-refractivity contribution < 1.29 is 19.4 Å². The third kappa shape index (κ3) is 3.19. The van der Waals surface area contributed by atoms with Crippen LogP contribution in [0.25, 0.3) is 0 Å². The van der Waals surface area contributed by atoms with Gasteiger partial charge in [-0.1, -0.05) is 0 Å². The van der Waals surface area contributed by atoms with Crippen molar-refractivity contribution in [3.63, 3.8) is 0 Å². The molecule has 110 valence electrons. The first kappa shape index (κ1) is 14.6. The molecule has 2 rings (SSSR count). The average Bonchev–Trinajstić information content (AvgIpc) is 2.80. The van der Waals surface area contributed by atoms with E-state index in [0.717, 1.165) is 12.8 Å². The lowest BCUT2D eigenvalue weighted by Crippen LogP contribution is -2.39. The summed E-state index contributed by atoms with van der Waals surface area (Å²) in [6.45, 7) is 0.290. The number of amides is 1. The van der Waals surface area contributed by atoms with Crippen molar-refractivity contribution in [1.29, 1.82) is 0 Å². The molecule has 1 aliphatic rings. The zero-order chi connectivity index (χ0) is 14.5. The van der Waals surface area contributed by atoms with Crippen molar-refractivity contribution in [1.82, 2.24) is 9.47 Å². The summed E-state index contributed by atoms with van der Waals surface area (Å²) in [5.41, 5.74) is 0.562. The summed E-state index contributed by atoms with van der Waals surface area (Å²) in [4.78, 5) is 24.7. The summed E-state index contributed by atoms with van der Waals surface area (Å²) < 4.78 is 6.90. The molecule has 6 heteroatoms. The minimum absolute atomic E-state index is 0.249. The lowest BCUT2D eigenvalue weighted by molar-refractivity contribution is -0.137. The maximum absolute atomic E-state index is 12.5. The van der Waals surface area contributed by atoms with E-state index in [9.17, 15) is 9.59 Å². The van der Waals surface area contributed by atoms with Gasteiger partial charge in [0.15, 0.2) is 0 Å². The summed E-state index contributed by atoms with van der Waals surface area (Å²) in [6.07, 6.45) is 5.23. The molecule has 0 unspecified atom stereocenters. The van der Waals surface area contributed by atoms with Crippen molar-refractivity contribution in [2.45, 2.75) is 25.3 Å². The maximum Gasteiger partial charge on any atom is 0.323 e. The standard InChI is InChI=1S/C14H20N2O4/c1-20-9-8-15(10-13(17)18)14(19)12-6-3-7-16(12)11-4-2-5-11/h3,6-7,11H,2,4-5,8-10H2,1H3,(H,17,18). The molecule has 0 spiro atoms. The average molecular weight is 280 g/mol. The molecule has 20 heavy (non-hydrogen) atoms. The van der Waals surface area contributed by atoms with Crippen LogP contribution in [0.1, 0.15) is 35.8 Å². The summed E-state index contributed by atoms with van der Waals surface area (Å²) in [5.74, 6) is -1.27. The predicted molar refractivity (Wildman–Crippen MR) is 72.7 cm³/mol. The number of nitrogens with zero attached hydrogens (tertiary/aromatic N) is 2. The van der Waals surface area contributed by atoms with E-state index in [1.807, 2.05) is 16.8 Å². The second-order valence-electron chi connectivity index (χ2n) is 5.00. The Bertz CT molecular complexity index is 479. The van der Waals surface area contributed by atoms with E-state index in [1.54, 1.807) is 6.07 Å². The topological polar surface area (TPSA) is 71.8 Å². The number of aromatic nitrogens is 1. The van der Waals surface area contributed by atoms with Gasteiger partial charge in [-0.3, -0.25) is 9.59 Å². The van der Waals surface area contributed by atoms with Crippen molar-refractivity contribution in [2.75, 3.05) is 26.8 Å². The molecule has 1 aliphatic carbocycles. The fourth-order valence-corrected chi connectivity index (χ4v) is 2.34. The van der Waals surface area contributed by atoms with Crippen LogP contribution >= 0.6 is 0 Å². The van der Waals surface area contributed by atoms with Gasteiger partial charge < -0.3 is 19.3 Å². The highest BCUT2D eigenvalue weighted by atomic mass is 16.5. The Labute approximate surface area is 117 Å². The van der Waals surface area contributed by atoms with Crippen LogP contribution in [-0.2, 0) is 9.53 Å². The molecule has 0 saturated heterocycles. The molecule has 0 bridgehead atoms. The van der Waals surface area contributed by atoms with E-state index >= 15 is 0 Å². The fourth-order valence-electron chi connectivity index (χ4n) is 2.34. The number of hydrogen-bond acceptors (Lipinski definition) is 3. The Hall–Kier alpha value is -1.82. The number of carboxylic acids is 1. The van der Waals surface area contributed by atoms with E-state index in [-0.39, 0.29) is 19.0 Å². The van der Waals surface area contributed by atoms with Gasteiger partial charge in [0.1, 0.15) is 12.2 Å². The summed E-state index contributed by atoms with van der Waals surface area (Å²) in [5, 5.41) is 8.92. The summed E-state index contributed by atoms with van der Waals surface area (Å²) in [6, 6.07) is 3.96. The van der Waals surface area contributed by atoms with Gasteiger partial charge in [-0.15, -0.1) is 0 Å². The number of aliphatic carboxylic acids is 1. The van der Waals surface area contributed by atoms with E-state index in [2.05, 4.69) is 0 Å². The molecule has 1 heterocycles. The first-order valence-corrected chi connectivity index (χ1v) is 6.80. The molecule has 1 aromatic heterocycles. The lowest BCUT2D eigenvalue weighted by atomic mass is 9.93. The molecule has 1 saturated carbocycles. The predicted octanol–water partition coefficient (Wildman–Crippen LogP) is 1.39. The fraction of sp³-hybridized carbons (Fsp3) is 0.571. The highest BCUT2D eigenvalue weighted by Gasteiger charge is 2.26. The molecule has 1 aromatic rings. The van der Waals surface area contributed by atoms with Crippen molar-refractivity contribution in [3.05, 3.63) is 24.0 Å². The molecule has 0 aliphatic heterocycles.